The summed E-state index contributed by atoms with van der Waals surface area (Å²) in [5.41, 5.74) is 1.62. The van der Waals surface area contributed by atoms with Crippen LogP contribution in [-0.4, -0.2) is 28.4 Å². The Labute approximate surface area is 131 Å². The van der Waals surface area contributed by atoms with E-state index in [2.05, 4.69) is 4.37 Å². The third kappa shape index (κ3) is 2.84. The number of hydrogen-bond donors (Lipinski definition) is 1. The van der Waals surface area contributed by atoms with Crippen molar-refractivity contribution in [1.82, 2.24) is 4.37 Å². The molecular weight excluding hydrogens is 308 g/mol. The maximum Gasteiger partial charge on any atom is 0.340 e. The Morgan fingerprint density at radius 1 is 1.38 bits per heavy atom. The lowest BCUT2D eigenvalue weighted by Crippen LogP contribution is -2.26. The number of aromatic nitrogens is 1. The summed E-state index contributed by atoms with van der Waals surface area (Å²) in [5.74, 6) is -1.26. The van der Waals surface area contributed by atoms with Gasteiger partial charge in [0.15, 0.2) is 0 Å². The molecule has 112 valence electrons. The third-order valence-corrected chi connectivity index (χ3v) is 5.61. The summed E-state index contributed by atoms with van der Waals surface area (Å²) in [6.45, 7) is 5.66. The second kappa shape index (κ2) is 5.95. The molecular formula is C14H16N2O3S2. The van der Waals surface area contributed by atoms with Crippen LogP contribution in [0.5, 0.6) is 0 Å². The Morgan fingerprint density at radius 3 is 2.57 bits per heavy atom. The van der Waals surface area contributed by atoms with Crippen LogP contribution in [0.15, 0.2) is 6.07 Å². The number of nitrogens with zero attached hydrogens (tertiary/aromatic N) is 2. The molecule has 2 aromatic heterocycles. The standard InChI is InChI=1S/C14H16N2O3S2/c1-5-9-7(2)6-10(20-9)12(17)16(4)13-11(14(18)19)8(3)15-21-13/h6H,5H2,1-4H3,(H,18,19). The van der Waals surface area contributed by atoms with Crippen molar-refractivity contribution in [1.29, 1.82) is 0 Å². The van der Waals surface area contributed by atoms with Gasteiger partial charge in [-0.15, -0.1) is 11.3 Å². The van der Waals surface area contributed by atoms with Crippen LogP contribution in [0.2, 0.25) is 0 Å². The van der Waals surface area contributed by atoms with Crippen molar-refractivity contribution < 1.29 is 14.7 Å². The van der Waals surface area contributed by atoms with E-state index in [0.717, 1.165) is 23.5 Å². The van der Waals surface area contributed by atoms with Crippen molar-refractivity contribution in [3.63, 3.8) is 0 Å². The van der Waals surface area contributed by atoms with Crippen LogP contribution in [-0.2, 0) is 6.42 Å². The average Bonchev–Trinajstić information content (AvgIpc) is 3.00. The van der Waals surface area contributed by atoms with Crippen LogP contribution in [0, 0.1) is 13.8 Å². The van der Waals surface area contributed by atoms with E-state index in [0.29, 0.717) is 15.6 Å². The molecule has 2 heterocycles. The van der Waals surface area contributed by atoms with Gasteiger partial charge in [-0.1, -0.05) is 6.92 Å². The average molecular weight is 324 g/mol. The molecule has 0 aliphatic carbocycles. The number of anilines is 1. The van der Waals surface area contributed by atoms with Crippen molar-refractivity contribution in [2.45, 2.75) is 27.2 Å². The fraction of sp³-hybridized carbons (Fsp3) is 0.357. The van der Waals surface area contributed by atoms with Crippen LogP contribution in [0.3, 0.4) is 0 Å². The smallest absolute Gasteiger partial charge is 0.340 e. The summed E-state index contributed by atoms with van der Waals surface area (Å²) in [7, 11) is 1.59. The van der Waals surface area contributed by atoms with E-state index in [-0.39, 0.29) is 11.5 Å². The normalized spacial score (nSPS) is 10.7. The summed E-state index contributed by atoms with van der Waals surface area (Å²) >= 11 is 2.49. The van der Waals surface area contributed by atoms with Crippen molar-refractivity contribution in [3.8, 4) is 0 Å². The third-order valence-electron chi connectivity index (χ3n) is 3.22. The first-order valence-corrected chi connectivity index (χ1v) is 8.02. The maximum atomic E-state index is 12.5. The molecule has 0 aliphatic heterocycles. The van der Waals surface area contributed by atoms with Gasteiger partial charge in [-0.2, -0.15) is 4.37 Å². The number of carboxylic acids is 1. The van der Waals surface area contributed by atoms with Crippen LogP contribution < -0.4 is 4.90 Å². The first kappa shape index (κ1) is 15.7. The maximum absolute atomic E-state index is 12.5. The molecule has 2 rings (SSSR count). The van der Waals surface area contributed by atoms with Crippen molar-refractivity contribution in [2.24, 2.45) is 0 Å². The Hall–Kier alpha value is -1.73. The highest BCUT2D eigenvalue weighted by Crippen LogP contribution is 2.31. The summed E-state index contributed by atoms with van der Waals surface area (Å²) in [4.78, 5) is 27.0. The molecule has 0 spiro atoms. The number of aryl methyl sites for hydroxylation is 3. The Morgan fingerprint density at radius 2 is 2.05 bits per heavy atom. The Bertz CT molecular complexity index is 703. The molecule has 0 saturated carbocycles. The highest BCUT2D eigenvalue weighted by molar-refractivity contribution is 7.14. The van der Waals surface area contributed by atoms with Gasteiger partial charge in [-0.05, 0) is 43.4 Å². The van der Waals surface area contributed by atoms with Gasteiger partial charge in [-0.3, -0.25) is 4.79 Å². The number of aromatic carboxylic acids is 1. The van der Waals surface area contributed by atoms with Gasteiger partial charge in [0.05, 0.1) is 10.6 Å². The molecule has 0 aliphatic rings. The van der Waals surface area contributed by atoms with Gasteiger partial charge < -0.3 is 10.0 Å². The number of amides is 1. The SMILES string of the molecule is CCc1sc(C(=O)N(C)c2snc(C)c2C(=O)O)cc1C. The number of carbonyl (C=O) groups is 2. The summed E-state index contributed by atoms with van der Waals surface area (Å²) in [5, 5.41) is 9.62. The largest absolute Gasteiger partial charge is 0.478 e. The first-order chi connectivity index (χ1) is 9.86. The fourth-order valence-electron chi connectivity index (χ4n) is 2.07. The zero-order valence-electron chi connectivity index (χ0n) is 12.3. The molecule has 5 nitrogen and oxygen atoms in total. The van der Waals surface area contributed by atoms with E-state index in [9.17, 15) is 14.7 Å². The Balaban J connectivity index is 2.37. The van der Waals surface area contributed by atoms with Gasteiger partial charge in [0, 0.05) is 11.9 Å². The summed E-state index contributed by atoms with van der Waals surface area (Å²) in [6.07, 6.45) is 0.882. The molecule has 21 heavy (non-hydrogen) atoms. The topological polar surface area (TPSA) is 70.5 Å². The zero-order chi connectivity index (χ0) is 15.7. The van der Waals surface area contributed by atoms with E-state index >= 15 is 0 Å². The highest BCUT2D eigenvalue weighted by Gasteiger charge is 2.25. The molecule has 1 N–H and O–H groups in total. The quantitative estimate of drug-likeness (QED) is 0.936. The molecule has 0 bridgehead atoms. The van der Waals surface area contributed by atoms with Crippen LogP contribution in [0.4, 0.5) is 5.00 Å². The molecule has 0 unspecified atom stereocenters. The second-order valence-electron chi connectivity index (χ2n) is 4.69. The molecule has 0 fully saturated rings. The van der Waals surface area contributed by atoms with Crippen molar-refractivity contribution in [2.75, 3.05) is 11.9 Å². The molecule has 0 aromatic carbocycles. The molecule has 2 aromatic rings. The number of carbonyl (C=O) groups excluding carboxylic acids is 1. The van der Waals surface area contributed by atoms with Crippen molar-refractivity contribution in [3.05, 3.63) is 32.6 Å². The van der Waals surface area contributed by atoms with Gasteiger partial charge in [0.25, 0.3) is 5.91 Å². The van der Waals surface area contributed by atoms with E-state index in [1.54, 1.807) is 14.0 Å². The predicted molar refractivity (Wildman–Crippen MR) is 85.0 cm³/mol. The zero-order valence-corrected chi connectivity index (χ0v) is 13.9. The Kier molecular flexibility index (Phi) is 4.43. The number of carboxylic acid groups (broad SMARTS) is 1. The van der Waals surface area contributed by atoms with Crippen LogP contribution in [0.1, 0.15) is 43.1 Å². The molecule has 0 atom stereocenters. The lowest BCUT2D eigenvalue weighted by atomic mass is 10.2. The van der Waals surface area contributed by atoms with Gasteiger partial charge in [0.1, 0.15) is 10.6 Å². The summed E-state index contributed by atoms with van der Waals surface area (Å²) < 4.78 is 4.04. The second-order valence-corrected chi connectivity index (χ2v) is 6.58. The van der Waals surface area contributed by atoms with Gasteiger partial charge in [0.2, 0.25) is 0 Å². The lowest BCUT2D eigenvalue weighted by molar-refractivity contribution is 0.0697. The van der Waals surface area contributed by atoms with E-state index in [1.807, 2.05) is 19.9 Å². The van der Waals surface area contributed by atoms with E-state index < -0.39 is 5.97 Å². The summed E-state index contributed by atoms with van der Waals surface area (Å²) in [6, 6.07) is 1.86. The fourth-order valence-corrected chi connectivity index (χ4v) is 4.00. The first-order valence-electron chi connectivity index (χ1n) is 6.43. The lowest BCUT2D eigenvalue weighted by Gasteiger charge is -2.14. The minimum atomic E-state index is -1.06. The molecule has 0 radical (unpaired) electrons. The number of hydrogen-bond acceptors (Lipinski definition) is 5. The number of thiophene rings is 1. The van der Waals surface area contributed by atoms with Crippen LogP contribution in [0.25, 0.3) is 0 Å². The van der Waals surface area contributed by atoms with Crippen LogP contribution >= 0.6 is 22.9 Å². The molecule has 1 amide bonds. The van der Waals surface area contributed by atoms with Crippen molar-refractivity contribution >= 4 is 39.7 Å². The van der Waals surface area contributed by atoms with Gasteiger partial charge in [-0.25, -0.2) is 4.79 Å². The van der Waals surface area contributed by atoms with Gasteiger partial charge >= 0.3 is 5.97 Å². The number of rotatable bonds is 4. The van der Waals surface area contributed by atoms with E-state index in [1.165, 1.54) is 21.1 Å². The minimum absolute atomic E-state index is 0.0971. The highest BCUT2D eigenvalue weighted by atomic mass is 32.1. The molecule has 0 saturated heterocycles. The van der Waals surface area contributed by atoms with E-state index in [4.69, 9.17) is 0 Å². The monoisotopic (exact) mass is 324 g/mol. The predicted octanol–water partition coefficient (Wildman–Crippen LogP) is 3.36. The molecule has 7 heteroatoms. The minimum Gasteiger partial charge on any atom is -0.478 e.